The highest BCUT2D eigenvalue weighted by atomic mass is 79.9. The van der Waals surface area contributed by atoms with Crippen molar-refractivity contribution < 1.29 is 4.79 Å². The maximum Gasteiger partial charge on any atom is 0.220 e. The summed E-state index contributed by atoms with van der Waals surface area (Å²) in [4.78, 5) is 14.8. The lowest BCUT2D eigenvalue weighted by atomic mass is 10.0. The predicted octanol–water partition coefficient (Wildman–Crippen LogP) is 4.47. The number of piperidine rings is 1. The van der Waals surface area contributed by atoms with Crippen LogP contribution in [0.2, 0.25) is 0 Å². The van der Waals surface area contributed by atoms with Gasteiger partial charge in [0.1, 0.15) is 0 Å². The van der Waals surface area contributed by atoms with Crippen LogP contribution in [0.1, 0.15) is 36.0 Å². The molecule has 1 aliphatic rings. The Kier molecular flexibility index (Phi) is 6.86. The molecule has 138 valence electrons. The van der Waals surface area contributed by atoms with Crippen LogP contribution in [-0.4, -0.2) is 29.9 Å². The monoisotopic (exact) mass is 414 g/mol. The SMILES string of the molecule is Cc1cccc(CN2CCC(NC(=O)CCc3ccccc3Br)CC2)c1. The lowest BCUT2D eigenvalue weighted by Gasteiger charge is -2.32. The normalized spacial score (nSPS) is 15.8. The molecule has 2 aromatic rings. The summed E-state index contributed by atoms with van der Waals surface area (Å²) in [5.74, 6) is 0.165. The van der Waals surface area contributed by atoms with E-state index in [9.17, 15) is 4.79 Å². The third kappa shape index (κ3) is 5.68. The molecule has 1 fully saturated rings. The van der Waals surface area contributed by atoms with Crippen molar-refractivity contribution in [3.05, 3.63) is 69.7 Å². The van der Waals surface area contributed by atoms with Crippen molar-refractivity contribution in [3.8, 4) is 0 Å². The van der Waals surface area contributed by atoms with Crippen LogP contribution in [0, 0.1) is 6.92 Å². The highest BCUT2D eigenvalue weighted by Gasteiger charge is 2.20. The number of nitrogens with one attached hydrogen (secondary N) is 1. The van der Waals surface area contributed by atoms with Gasteiger partial charge in [-0.3, -0.25) is 9.69 Å². The lowest BCUT2D eigenvalue weighted by molar-refractivity contribution is -0.122. The Morgan fingerprint density at radius 3 is 2.65 bits per heavy atom. The van der Waals surface area contributed by atoms with Crippen LogP contribution in [0.3, 0.4) is 0 Å². The number of rotatable bonds is 6. The summed E-state index contributed by atoms with van der Waals surface area (Å²) >= 11 is 3.55. The predicted molar refractivity (Wildman–Crippen MR) is 110 cm³/mol. The van der Waals surface area contributed by atoms with Gasteiger partial charge in [-0.1, -0.05) is 64.0 Å². The fourth-order valence-electron chi connectivity index (χ4n) is 3.55. The molecule has 0 saturated carbocycles. The number of aryl methyl sites for hydroxylation is 2. The highest BCUT2D eigenvalue weighted by Crippen LogP contribution is 2.18. The van der Waals surface area contributed by atoms with E-state index >= 15 is 0 Å². The molecule has 26 heavy (non-hydrogen) atoms. The molecule has 0 spiro atoms. The van der Waals surface area contributed by atoms with E-state index in [2.05, 4.69) is 63.4 Å². The molecule has 1 amide bonds. The first-order chi connectivity index (χ1) is 12.6. The first-order valence-corrected chi connectivity index (χ1v) is 10.2. The summed E-state index contributed by atoms with van der Waals surface area (Å²) in [6.07, 6.45) is 3.39. The highest BCUT2D eigenvalue weighted by molar-refractivity contribution is 9.10. The zero-order valence-electron chi connectivity index (χ0n) is 15.4. The molecule has 1 saturated heterocycles. The van der Waals surface area contributed by atoms with Crippen LogP contribution >= 0.6 is 15.9 Å². The third-order valence-corrected chi connectivity index (χ3v) is 5.79. The van der Waals surface area contributed by atoms with Crippen LogP contribution in [0.5, 0.6) is 0 Å². The molecule has 3 nitrogen and oxygen atoms in total. The molecule has 0 unspecified atom stereocenters. The number of hydrogen-bond acceptors (Lipinski definition) is 2. The van der Waals surface area contributed by atoms with Crippen molar-refractivity contribution >= 4 is 21.8 Å². The standard InChI is InChI=1S/C22H27BrN2O/c1-17-5-4-6-18(15-17)16-25-13-11-20(12-14-25)24-22(26)10-9-19-7-2-3-8-21(19)23/h2-8,15,20H,9-14,16H2,1H3,(H,24,26). The quantitative estimate of drug-likeness (QED) is 0.755. The van der Waals surface area contributed by atoms with Gasteiger partial charge in [0.05, 0.1) is 0 Å². The van der Waals surface area contributed by atoms with Crippen molar-refractivity contribution in [2.24, 2.45) is 0 Å². The van der Waals surface area contributed by atoms with Crippen molar-refractivity contribution in [2.45, 2.75) is 45.2 Å². The van der Waals surface area contributed by atoms with Crippen molar-refractivity contribution in [1.29, 1.82) is 0 Å². The summed E-state index contributed by atoms with van der Waals surface area (Å²) in [5.41, 5.74) is 3.88. The molecule has 0 atom stereocenters. The summed E-state index contributed by atoms with van der Waals surface area (Å²) in [6.45, 7) is 5.23. The first kappa shape index (κ1) is 19.1. The molecule has 4 heteroatoms. The van der Waals surface area contributed by atoms with E-state index in [4.69, 9.17) is 0 Å². The molecule has 3 rings (SSSR count). The van der Waals surface area contributed by atoms with Gasteiger partial charge < -0.3 is 5.32 Å². The second kappa shape index (κ2) is 9.33. The van der Waals surface area contributed by atoms with E-state index < -0.39 is 0 Å². The molecule has 0 aromatic heterocycles. The van der Waals surface area contributed by atoms with Gasteiger partial charge >= 0.3 is 0 Å². The fourth-order valence-corrected chi connectivity index (χ4v) is 4.04. The first-order valence-electron chi connectivity index (χ1n) is 9.41. The second-order valence-corrected chi connectivity index (χ2v) is 8.05. The summed E-state index contributed by atoms with van der Waals surface area (Å²) < 4.78 is 1.08. The Hall–Kier alpha value is -1.65. The molecule has 0 bridgehead atoms. The van der Waals surface area contributed by atoms with Gasteiger partial charge in [0.2, 0.25) is 5.91 Å². The third-order valence-electron chi connectivity index (χ3n) is 5.02. The van der Waals surface area contributed by atoms with E-state index in [0.717, 1.165) is 43.4 Å². The largest absolute Gasteiger partial charge is 0.353 e. The summed E-state index contributed by atoms with van der Waals surface area (Å²) in [6, 6.07) is 17.1. The average Bonchev–Trinajstić information content (AvgIpc) is 2.63. The summed E-state index contributed by atoms with van der Waals surface area (Å²) in [7, 11) is 0. The van der Waals surface area contributed by atoms with Gasteiger partial charge in [0.25, 0.3) is 0 Å². The maximum absolute atomic E-state index is 12.3. The molecule has 0 aliphatic carbocycles. The molecule has 1 heterocycles. The van der Waals surface area contributed by atoms with Crippen LogP contribution in [-0.2, 0) is 17.8 Å². The van der Waals surface area contributed by atoms with Crippen LogP contribution < -0.4 is 5.32 Å². The molecule has 1 N–H and O–H groups in total. The molecule has 1 aliphatic heterocycles. The van der Waals surface area contributed by atoms with Gasteiger partial charge in [0, 0.05) is 36.6 Å². The van der Waals surface area contributed by atoms with Crippen molar-refractivity contribution in [1.82, 2.24) is 10.2 Å². The number of amides is 1. The summed E-state index contributed by atoms with van der Waals surface area (Å²) in [5, 5.41) is 3.22. The minimum atomic E-state index is 0.165. The van der Waals surface area contributed by atoms with Crippen LogP contribution in [0.4, 0.5) is 0 Å². The zero-order valence-corrected chi connectivity index (χ0v) is 17.0. The van der Waals surface area contributed by atoms with E-state index in [-0.39, 0.29) is 5.91 Å². The van der Waals surface area contributed by atoms with Gasteiger partial charge in [-0.2, -0.15) is 0 Å². The number of halogens is 1. The van der Waals surface area contributed by atoms with Crippen LogP contribution in [0.25, 0.3) is 0 Å². The lowest BCUT2D eigenvalue weighted by Crippen LogP contribution is -2.44. The van der Waals surface area contributed by atoms with E-state index in [1.165, 1.54) is 16.7 Å². The van der Waals surface area contributed by atoms with Crippen LogP contribution in [0.15, 0.2) is 53.0 Å². The number of benzene rings is 2. The van der Waals surface area contributed by atoms with Gasteiger partial charge in [-0.05, 0) is 43.4 Å². The number of carbonyl (C=O) groups excluding carboxylic acids is 1. The maximum atomic E-state index is 12.3. The topological polar surface area (TPSA) is 32.3 Å². The number of nitrogens with zero attached hydrogens (tertiary/aromatic N) is 1. The second-order valence-electron chi connectivity index (χ2n) is 7.20. The van der Waals surface area contributed by atoms with Crippen molar-refractivity contribution in [2.75, 3.05) is 13.1 Å². The number of hydrogen-bond donors (Lipinski definition) is 1. The van der Waals surface area contributed by atoms with Gasteiger partial charge in [-0.25, -0.2) is 0 Å². The fraction of sp³-hybridized carbons (Fsp3) is 0.409. The zero-order chi connectivity index (χ0) is 18.4. The Balaban J connectivity index is 1.39. The minimum absolute atomic E-state index is 0.165. The molecular weight excluding hydrogens is 388 g/mol. The molecular formula is C22H27BrN2O. The van der Waals surface area contributed by atoms with Gasteiger partial charge in [0.15, 0.2) is 0 Å². The van der Waals surface area contributed by atoms with E-state index in [1.807, 2.05) is 18.2 Å². The average molecular weight is 415 g/mol. The Morgan fingerprint density at radius 1 is 1.15 bits per heavy atom. The number of likely N-dealkylation sites (tertiary alicyclic amines) is 1. The Morgan fingerprint density at radius 2 is 1.92 bits per heavy atom. The molecule has 2 aromatic carbocycles. The van der Waals surface area contributed by atoms with E-state index in [1.54, 1.807) is 0 Å². The number of carbonyl (C=O) groups is 1. The minimum Gasteiger partial charge on any atom is -0.353 e. The molecule has 0 radical (unpaired) electrons. The smallest absolute Gasteiger partial charge is 0.220 e. The Labute approximate surface area is 164 Å². The van der Waals surface area contributed by atoms with E-state index in [0.29, 0.717) is 12.5 Å². The van der Waals surface area contributed by atoms with Crippen molar-refractivity contribution in [3.63, 3.8) is 0 Å². The Bertz CT molecular complexity index is 738. The van der Waals surface area contributed by atoms with Gasteiger partial charge in [-0.15, -0.1) is 0 Å².